The van der Waals surface area contributed by atoms with Crippen molar-refractivity contribution in [3.63, 3.8) is 0 Å². The van der Waals surface area contributed by atoms with Gasteiger partial charge in [-0.2, -0.15) is 0 Å². The molecule has 1 heterocycles. The first-order valence-corrected chi connectivity index (χ1v) is 15.3. The molecule has 39 heavy (non-hydrogen) atoms. The average molecular weight is 546 g/mol. The largest absolute Gasteiger partial charge is 0.463 e. The molecule has 1 aromatic heterocycles. The summed E-state index contributed by atoms with van der Waals surface area (Å²) >= 11 is 0. The molecule has 4 rings (SSSR count). The SMILES string of the molecule is CC[C@@H]1C[C@H](O)CC[C@]1(C)[C@H]1CC[C@]2(C)[C@@H]([C@H](C)CCC(=O)NCc3ccc(C(=O)OC)o3)CC[C@H]2[C@@H]1CO. The van der Waals surface area contributed by atoms with Crippen LogP contribution in [0.3, 0.4) is 0 Å². The molecule has 1 amide bonds. The van der Waals surface area contributed by atoms with Gasteiger partial charge < -0.3 is 24.7 Å². The Hall–Kier alpha value is -1.86. The number of furan rings is 1. The molecular formula is C32H51NO6. The standard InChI is InChI=1S/C32H51NO6/c1-6-21-17-22(35)13-15-31(21,3)27-14-16-32(4)25(9-10-26(32)24(27)19-34)20(2)7-12-29(36)33-18-23-8-11-28(39-23)30(37)38-5/h8,11,20-22,24-27,34-35H,6-7,9-10,12-19H2,1-5H3,(H,33,36)/t20-,21-,22-,24+,25-,26+,27+,31+,32-/m1/s1. The third-order valence-corrected chi connectivity index (χ3v) is 11.6. The number of amides is 1. The Balaban J connectivity index is 1.34. The summed E-state index contributed by atoms with van der Waals surface area (Å²) in [6.45, 7) is 9.99. The molecule has 0 spiro atoms. The Labute approximate surface area is 234 Å². The summed E-state index contributed by atoms with van der Waals surface area (Å²) in [5.41, 5.74) is 0.389. The summed E-state index contributed by atoms with van der Waals surface area (Å²) < 4.78 is 10.1. The molecule has 3 aliphatic carbocycles. The molecule has 3 saturated carbocycles. The molecule has 0 radical (unpaired) electrons. The van der Waals surface area contributed by atoms with Crippen molar-refractivity contribution < 1.29 is 29.0 Å². The van der Waals surface area contributed by atoms with Crippen molar-refractivity contribution in [3.8, 4) is 0 Å². The Morgan fingerprint density at radius 2 is 1.85 bits per heavy atom. The lowest BCUT2D eigenvalue weighted by Gasteiger charge is -2.57. The van der Waals surface area contributed by atoms with E-state index in [4.69, 9.17) is 4.42 Å². The van der Waals surface area contributed by atoms with Gasteiger partial charge >= 0.3 is 5.97 Å². The summed E-state index contributed by atoms with van der Waals surface area (Å²) in [6, 6.07) is 3.24. The van der Waals surface area contributed by atoms with Crippen molar-refractivity contribution in [1.82, 2.24) is 5.32 Å². The molecule has 3 fully saturated rings. The smallest absolute Gasteiger partial charge is 0.373 e. The molecule has 1 aromatic rings. The Morgan fingerprint density at radius 3 is 2.54 bits per heavy atom. The zero-order valence-electron chi connectivity index (χ0n) is 24.7. The van der Waals surface area contributed by atoms with Crippen molar-refractivity contribution in [1.29, 1.82) is 0 Å². The molecule has 0 aliphatic heterocycles. The van der Waals surface area contributed by atoms with Crippen LogP contribution >= 0.6 is 0 Å². The van der Waals surface area contributed by atoms with Gasteiger partial charge in [0.1, 0.15) is 5.76 Å². The molecule has 0 bridgehead atoms. The molecule has 7 nitrogen and oxygen atoms in total. The van der Waals surface area contributed by atoms with E-state index in [9.17, 15) is 19.8 Å². The van der Waals surface area contributed by atoms with Gasteiger partial charge in [0.15, 0.2) is 0 Å². The van der Waals surface area contributed by atoms with E-state index in [1.165, 1.54) is 20.0 Å². The number of nitrogens with one attached hydrogen (secondary N) is 1. The van der Waals surface area contributed by atoms with Gasteiger partial charge in [-0.3, -0.25) is 4.79 Å². The van der Waals surface area contributed by atoms with Gasteiger partial charge in [-0.15, -0.1) is 0 Å². The number of hydrogen-bond donors (Lipinski definition) is 3. The molecule has 220 valence electrons. The fourth-order valence-electron chi connectivity index (χ4n) is 9.37. The van der Waals surface area contributed by atoms with Crippen LogP contribution in [0.2, 0.25) is 0 Å². The average Bonchev–Trinajstić information content (AvgIpc) is 3.55. The molecule has 0 saturated heterocycles. The summed E-state index contributed by atoms with van der Waals surface area (Å²) in [5.74, 6) is 2.99. The lowest BCUT2D eigenvalue weighted by Crippen LogP contribution is -2.52. The fourth-order valence-corrected chi connectivity index (χ4v) is 9.37. The summed E-state index contributed by atoms with van der Waals surface area (Å²) in [5, 5.41) is 24.0. The summed E-state index contributed by atoms with van der Waals surface area (Å²) in [4.78, 5) is 24.2. The predicted molar refractivity (Wildman–Crippen MR) is 150 cm³/mol. The highest BCUT2D eigenvalue weighted by Crippen LogP contribution is 2.65. The maximum absolute atomic E-state index is 12.6. The number of carbonyl (C=O) groups excluding carboxylic acids is 2. The Morgan fingerprint density at radius 1 is 1.13 bits per heavy atom. The van der Waals surface area contributed by atoms with Gasteiger partial charge in [0.05, 0.1) is 19.8 Å². The molecule has 0 unspecified atom stereocenters. The van der Waals surface area contributed by atoms with Crippen molar-refractivity contribution in [2.45, 2.75) is 105 Å². The minimum atomic E-state index is -0.529. The van der Waals surface area contributed by atoms with Gasteiger partial charge in [0.25, 0.3) is 0 Å². The van der Waals surface area contributed by atoms with Crippen LogP contribution in [0.4, 0.5) is 0 Å². The second-order valence-corrected chi connectivity index (χ2v) is 13.4. The molecule has 3 N–H and O–H groups in total. The first kappa shape index (κ1) is 30.1. The third kappa shape index (κ3) is 5.95. The van der Waals surface area contributed by atoms with Crippen LogP contribution in [0.15, 0.2) is 16.5 Å². The van der Waals surface area contributed by atoms with Crippen LogP contribution in [0, 0.1) is 46.3 Å². The second kappa shape index (κ2) is 12.3. The van der Waals surface area contributed by atoms with E-state index in [-0.39, 0.29) is 41.8 Å². The van der Waals surface area contributed by atoms with Crippen LogP contribution in [0.1, 0.15) is 108 Å². The van der Waals surface area contributed by atoms with Crippen LogP contribution in [-0.4, -0.2) is 41.9 Å². The first-order valence-electron chi connectivity index (χ1n) is 15.3. The summed E-state index contributed by atoms with van der Waals surface area (Å²) in [7, 11) is 1.31. The number of aliphatic hydroxyl groups excluding tert-OH is 2. The highest BCUT2D eigenvalue weighted by molar-refractivity contribution is 5.86. The zero-order chi connectivity index (χ0) is 28.4. The van der Waals surface area contributed by atoms with E-state index < -0.39 is 5.97 Å². The maximum atomic E-state index is 12.6. The van der Waals surface area contributed by atoms with E-state index >= 15 is 0 Å². The van der Waals surface area contributed by atoms with E-state index in [1.54, 1.807) is 12.1 Å². The monoisotopic (exact) mass is 545 g/mol. The van der Waals surface area contributed by atoms with Crippen molar-refractivity contribution >= 4 is 11.9 Å². The van der Waals surface area contributed by atoms with E-state index in [1.807, 2.05) is 0 Å². The lowest BCUT2D eigenvalue weighted by atomic mass is 9.48. The first-order chi connectivity index (χ1) is 18.6. The number of aliphatic hydroxyl groups is 2. The number of methoxy groups -OCH3 is 1. The second-order valence-electron chi connectivity index (χ2n) is 13.4. The van der Waals surface area contributed by atoms with E-state index in [0.29, 0.717) is 47.7 Å². The van der Waals surface area contributed by atoms with Gasteiger partial charge in [0, 0.05) is 13.0 Å². The molecule has 3 aliphatic rings. The van der Waals surface area contributed by atoms with Crippen molar-refractivity contribution in [2.24, 2.45) is 46.3 Å². The number of rotatable bonds is 10. The molecule has 9 atom stereocenters. The minimum Gasteiger partial charge on any atom is -0.463 e. The van der Waals surface area contributed by atoms with Crippen molar-refractivity contribution in [3.05, 3.63) is 23.7 Å². The summed E-state index contributed by atoms with van der Waals surface area (Å²) in [6.07, 6.45) is 9.76. The topological polar surface area (TPSA) is 109 Å². The maximum Gasteiger partial charge on any atom is 0.373 e. The minimum absolute atomic E-state index is 0.00692. The predicted octanol–water partition coefficient (Wildman–Crippen LogP) is 5.73. The zero-order valence-corrected chi connectivity index (χ0v) is 24.7. The molecular weight excluding hydrogens is 494 g/mol. The quantitative estimate of drug-likeness (QED) is 0.324. The normalized spacial score (nSPS) is 37.2. The Kier molecular flexibility index (Phi) is 9.52. The lowest BCUT2D eigenvalue weighted by molar-refractivity contribution is -0.122. The van der Waals surface area contributed by atoms with Crippen LogP contribution < -0.4 is 5.32 Å². The van der Waals surface area contributed by atoms with Gasteiger partial charge in [-0.25, -0.2) is 4.79 Å². The van der Waals surface area contributed by atoms with Crippen LogP contribution in [0.25, 0.3) is 0 Å². The fraction of sp³-hybridized carbons (Fsp3) is 0.812. The molecule has 0 aromatic carbocycles. The van der Waals surface area contributed by atoms with E-state index in [2.05, 4.69) is 37.7 Å². The van der Waals surface area contributed by atoms with Crippen LogP contribution in [0.5, 0.6) is 0 Å². The van der Waals surface area contributed by atoms with Gasteiger partial charge in [0.2, 0.25) is 11.7 Å². The highest BCUT2D eigenvalue weighted by Gasteiger charge is 2.58. The highest BCUT2D eigenvalue weighted by atomic mass is 16.5. The number of ether oxygens (including phenoxy) is 1. The number of esters is 1. The number of carbonyl (C=O) groups is 2. The van der Waals surface area contributed by atoms with Crippen LogP contribution in [-0.2, 0) is 16.1 Å². The number of fused-ring (bicyclic) bond motifs is 1. The van der Waals surface area contributed by atoms with Crippen molar-refractivity contribution in [2.75, 3.05) is 13.7 Å². The Bertz CT molecular complexity index is 991. The molecule has 7 heteroatoms. The number of hydrogen-bond acceptors (Lipinski definition) is 6. The van der Waals surface area contributed by atoms with E-state index in [0.717, 1.165) is 44.9 Å². The van der Waals surface area contributed by atoms with Gasteiger partial charge in [-0.1, -0.05) is 34.1 Å². The van der Waals surface area contributed by atoms with Gasteiger partial charge in [-0.05, 0) is 110 Å². The third-order valence-electron chi connectivity index (χ3n) is 11.6.